The highest BCUT2D eigenvalue weighted by molar-refractivity contribution is 5.98. The number of hydrogen-bond acceptors (Lipinski definition) is 22. The van der Waals surface area contributed by atoms with Crippen molar-refractivity contribution in [1.29, 1.82) is 0 Å². The molecule has 2 fully saturated rings. The van der Waals surface area contributed by atoms with Crippen LogP contribution < -0.4 is 83.3 Å². The SMILES string of the molecule is COc1cc(OC)c(C(O)NC2CCC(NC(O)c3cc(C(=O)NCCN(C)C)c(OCCCCCN)cc3OCCCCCN)CC2)cc1C(O)NC1CCC(NC(=O)c2cc(C(O)NCCN(C)C)c(OCCCCCN)cc2OCCCCCN)CC1. The van der Waals surface area contributed by atoms with E-state index in [1.165, 1.54) is 14.2 Å². The van der Waals surface area contributed by atoms with Gasteiger partial charge in [-0.25, -0.2) is 0 Å². The molecule has 0 bridgehead atoms. The fourth-order valence-electron chi connectivity index (χ4n) is 11.3. The van der Waals surface area contributed by atoms with Crippen LogP contribution in [0.1, 0.15) is 196 Å². The largest absolute Gasteiger partial charge is 0.496 e. The zero-order chi connectivity index (χ0) is 65.2. The smallest absolute Gasteiger partial charge is 0.255 e. The number of likely N-dealkylation sites (N-methyl/N-ethyl adjacent to an activating group) is 2. The summed E-state index contributed by atoms with van der Waals surface area (Å²) < 4.78 is 36.7. The van der Waals surface area contributed by atoms with Gasteiger partial charge in [0.1, 0.15) is 59.4 Å². The molecule has 2 amide bonds. The highest BCUT2D eigenvalue weighted by Crippen LogP contribution is 2.39. The molecular weight excluding hydrogens is 1150 g/mol. The number of benzene rings is 3. The third-order valence-electron chi connectivity index (χ3n) is 16.6. The number of methoxy groups -OCH3 is 2. The third kappa shape index (κ3) is 25.7. The van der Waals surface area contributed by atoms with E-state index in [4.69, 9.17) is 51.4 Å². The topological polar surface area (TPSA) is 353 Å². The first-order chi connectivity index (χ1) is 43.5. The summed E-state index contributed by atoms with van der Waals surface area (Å²) in [5.74, 6) is 1.76. The monoisotopic (exact) mass is 1270 g/mol. The zero-order valence-electron chi connectivity index (χ0n) is 55.0. The molecule has 0 saturated heterocycles. The summed E-state index contributed by atoms with van der Waals surface area (Å²) in [4.78, 5) is 32.1. The maximum absolute atomic E-state index is 14.3. The van der Waals surface area contributed by atoms with Crippen molar-refractivity contribution in [3.8, 4) is 34.5 Å². The Labute approximate surface area is 535 Å². The fraction of sp³-hybridized carbons (Fsp3) is 0.697. The van der Waals surface area contributed by atoms with Crippen molar-refractivity contribution in [2.45, 2.75) is 177 Å². The Morgan fingerprint density at radius 3 is 1.14 bits per heavy atom. The average molecular weight is 1270 g/mol. The van der Waals surface area contributed by atoms with Crippen LogP contribution >= 0.6 is 0 Å². The Morgan fingerprint density at radius 1 is 0.433 bits per heavy atom. The molecule has 4 atom stereocenters. The summed E-state index contributed by atoms with van der Waals surface area (Å²) in [6.45, 7) is 6.22. The number of rotatable bonds is 46. The summed E-state index contributed by atoms with van der Waals surface area (Å²) in [7, 11) is 10.8. The highest BCUT2D eigenvalue weighted by Gasteiger charge is 2.32. The van der Waals surface area contributed by atoms with Gasteiger partial charge in [-0.05, 0) is 201 Å². The lowest BCUT2D eigenvalue weighted by molar-refractivity contribution is 0.0867. The predicted octanol–water partition coefficient (Wildman–Crippen LogP) is 4.66. The molecule has 3 aromatic carbocycles. The first kappa shape index (κ1) is 75.6. The summed E-state index contributed by atoms with van der Waals surface area (Å²) in [6, 6.07) is 9.68. The Kier molecular flexibility index (Phi) is 35.4. The fourth-order valence-corrected chi connectivity index (χ4v) is 11.3. The summed E-state index contributed by atoms with van der Waals surface area (Å²) in [5, 5.41) is 66.7. The number of aliphatic hydroxyl groups excluding tert-OH is 4. The molecule has 0 spiro atoms. The number of nitrogens with one attached hydrogen (secondary N) is 6. The Bertz CT molecular complexity index is 2520. The number of ether oxygens (including phenoxy) is 6. The predicted molar refractivity (Wildman–Crippen MR) is 352 cm³/mol. The van der Waals surface area contributed by atoms with E-state index in [1.807, 2.05) is 38.0 Å². The van der Waals surface area contributed by atoms with E-state index in [2.05, 4.69) is 31.9 Å². The van der Waals surface area contributed by atoms with E-state index in [9.17, 15) is 30.0 Å². The van der Waals surface area contributed by atoms with Crippen LogP contribution in [0.3, 0.4) is 0 Å². The van der Waals surface area contributed by atoms with Gasteiger partial charge in [0.25, 0.3) is 11.8 Å². The summed E-state index contributed by atoms with van der Waals surface area (Å²) in [5.41, 5.74) is 25.3. The quantitative estimate of drug-likeness (QED) is 0.0270. The molecule has 2 aliphatic rings. The minimum atomic E-state index is -1.17. The summed E-state index contributed by atoms with van der Waals surface area (Å²) in [6.07, 6.45) is 10.7. The average Bonchev–Trinajstić information content (AvgIpc) is 0.977. The maximum atomic E-state index is 14.3. The molecule has 0 aromatic heterocycles. The van der Waals surface area contributed by atoms with Gasteiger partial charge in [-0.15, -0.1) is 0 Å². The van der Waals surface area contributed by atoms with Gasteiger partial charge in [-0.1, -0.05) is 0 Å². The second kappa shape index (κ2) is 42.1. The van der Waals surface area contributed by atoms with Crippen molar-refractivity contribution in [3.63, 3.8) is 0 Å². The molecular formula is C66H114N12O12. The van der Waals surface area contributed by atoms with Crippen LogP contribution in [0.25, 0.3) is 0 Å². The van der Waals surface area contributed by atoms with E-state index >= 15 is 0 Å². The van der Waals surface area contributed by atoms with Gasteiger partial charge in [-0.2, -0.15) is 0 Å². The lowest BCUT2D eigenvalue weighted by Gasteiger charge is -2.33. The van der Waals surface area contributed by atoms with Crippen molar-refractivity contribution in [3.05, 3.63) is 69.8 Å². The summed E-state index contributed by atoms with van der Waals surface area (Å²) >= 11 is 0. The molecule has 5 rings (SSSR count). The number of nitrogens with two attached hydrogens (primary N) is 4. The molecule has 0 aliphatic heterocycles. The van der Waals surface area contributed by atoms with Gasteiger partial charge in [-0.3, -0.25) is 30.9 Å². The Hall–Kier alpha value is -5.16. The van der Waals surface area contributed by atoms with Gasteiger partial charge in [0.2, 0.25) is 0 Å². The number of carbonyl (C=O) groups excluding carboxylic acids is 2. The molecule has 24 nitrogen and oxygen atoms in total. The van der Waals surface area contributed by atoms with Crippen LogP contribution in [-0.4, -0.2) is 187 Å². The van der Waals surface area contributed by atoms with E-state index < -0.39 is 24.9 Å². The molecule has 4 unspecified atom stereocenters. The Balaban J connectivity index is 1.23. The normalized spacial score (nSPS) is 18.2. The first-order valence-corrected chi connectivity index (χ1v) is 33.1. The van der Waals surface area contributed by atoms with Crippen LogP contribution in [-0.2, 0) is 0 Å². The number of nitrogens with zero attached hydrogens (tertiary/aromatic N) is 2. The molecule has 24 heteroatoms. The molecule has 2 saturated carbocycles. The van der Waals surface area contributed by atoms with Gasteiger partial charge in [0, 0.05) is 90.8 Å². The van der Waals surface area contributed by atoms with Gasteiger partial charge in [0.15, 0.2) is 0 Å². The number of aliphatic hydroxyl groups is 4. The molecule has 18 N–H and O–H groups in total. The highest BCUT2D eigenvalue weighted by atomic mass is 16.5. The molecule has 0 heterocycles. The van der Waals surface area contributed by atoms with Crippen molar-refractivity contribution in [2.75, 3.05) is 121 Å². The molecule has 90 heavy (non-hydrogen) atoms. The number of carbonyl (C=O) groups is 2. The molecule has 2 aliphatic carbocycles. The minimum absolute atomic E-state index is 0.0963. The first-order valence-electron chi connectivity index (χ1n) is 33.1. The van der Waals surface area contributed by atoms with Crippen molar-refractivity contribution in [2.24, 2.45) is 22.9 Å². The van der Waals surface area contributed by atoms with Crippen LogP contribution in [0.15, 0.2) is 36.4 Å². The van der Waals surface area contributed by atoms with Crippen LogP contribution in [0.2, 0.25) is 0 Å². The third-order valence-corrected chi connectivity index (χ3v) is 16.6. The van der Waals surface area contributed by atoms with E-state index in [-0.39, 0.29) is 36.0 Å². The Morgan fingerprint density at radius 2 is 0.767 bits per heavy atom. The van der Waals surface area contributed by atoms with E-state index in [0.29, 0.717) is 198 Å². The van der Waals surface area contributed by atoms with E-state index in [0.717, 1.165) is 77.0 Å². The van der Waals surface area contributed by atoms with Crippen LogP contribution in [0, 0.1) is 0 Å². The van der Waals surface area contributed by atoms with Gasteiger partial charge >= 0.3 is 0 Å². The standard InChI is InChI=1S/C66H114N12O12/c1-77(2)33-31-71-61(79)51-40-53(59(89-37-17-9-13-29-69)43-57(51)87-35-15-7-11-27-67)65(83)75-47-23-19-45(20-24-47)73-63(81)49-39-50(56(86-6)42-55(49)85-5)64(82)74-46-21-25-48(26-22-46)76-66(84)54-41-52(62(80)72-32-34-78(3)4)58(88-36-16-8-12-28-68)44-60(54)90-38-18-10-14-30-70/h39-48,61,63-64,66,71,73-74,76,79,81-82,84H,7-38,67-70H2,1-6H3,(H,72,80)(H,75,83). The van der Waals surface area contributed by atoms with Crippen molar-refractivity contribution < 1.29 is 58.4 Å². The molecule has 0 radical (unpaired) electrons. The van der Waals surface area contributed by atoms with Crippen LogP contribution in [0.5, 0.6) is 34.5 Å². The molecule has 510 valence electrons. The number of hydrogen-bond donors (Lipinski definition) is 14. The maximum Gasteiger partial charge on any atom is 0.255 e. The number of amides is 2. The van der Waals surface area contributed by atoms with E-state index in [1.54, 1.807) is 36.4 Å². The lowest BCUT2D eigenvalue weighted by atomic mass is 9.90. The van der Waals surface area contributed by atoms with Gasteiger partial charge < -0.3 is 92.2 Å². The number of unbranched alkanes of at least 4 members (excludes halogenated alkanes) is 8. The minimum Gasteiger partial charge on any atom is -0.496 e. The second-order valence-corrected chi connectivity index (χ2v) is 24.4. The van der Waals surface area contributed by atoms with Crippen molar-refractivity contribution >= 4 is 11.8 Å². The van der Waals surface area contributed by atoms with Gasteiger partial charge in [0.05, 0.1) is 51.8 Å². The van der Waals surface area contributed by atoms with Crippen LogP contribution in [0.4, 0.5) is 0 Å². The zero-order valence-corrected chi connectivity index (χ0v) is 55.0. The molecule has 3 aromatic rings. The van der Waals surface area contributed by atoms with Crippen molar-refractivity contribution in [1.82, 2.24) is 41.7 Å². The lowest BCUT2D eigenvalue weighted by Crippen LogP contribution is -2.43. The second-order valence-electron chi connectivity index (χ2n) is 24.4.